The second-order valence-corrected chi connectivity index (χ2v) is 7.72. The summed E-state index contributed by atoms with van der Waals surface area (Å²) in [5.41, 5.74) is 0. The maximum Gasteiger partial charge on any atom is 0.230 e. The molecule has 1 saturated carbocycles. The molecule has 1 aliphatic carbocycles. The lowest BCUT2D eigenvalue weighted by Gasteiger charge is -2.34. The Labute approximate surface area is 122 Å². The van der Waals surface area contributed by atoms with Crippen LogP contribution in [0.15, 0.2) is 4.34 Å². The maximum atomic E-state index is 12.0. The van der Waals surface area contributed by atoms with Gasteiger partial charge in [0.15, 0.2) is 4.34 Å². The van der Waals surface area contributed by atoms with E-state index in [0.717, 1.165) is 15.8 Å². The highest BCUT2D eigenvalue weighted by molar-refractivity contribution is 8.01. The molecule has 3 atom stereocenters. The molecule has 1 aromatic heterocycles. The van der Waals surface area contributed by atoms with Crippen LogP contribution < -0.4 is 5.32 Å². The topological polar surface area (TPSA) is 54.9 Å². The van der Waals surface area contributed by atoms with E-state index in [9.17, 15) is 4.79 Å². The lowest BCUT2D eigenvalue weighted by Crippen LogP contribution is -2.44. The molecule has 0 radical (unpaired) electrons. The zero-order valence-electron chi connectivity index (χ0n) is 11.7. The molecule has 0 saturated heterocycles. The van der Waals surface area contributed by atoms with E-state index in [2.05, 4.69) is 29.4 Å². The van der Waals surface area contributed by atoms with Crippen LogP contribution in [-0.2, 0) is 4.79 Å². The predicted molar refractivity (Wildman–Crippen MR) is 79.5 cm³/mol. The molecule has 1 N–H and O–H groups in total. The number of nitrogens with zero attached hydrogens (tertiary/aromatic N) is 2. The average Bonchev–Trinajstić information content (AvgIpc) is 2.78. The van der Waals surface area contributed by atoms with E-state index in [1.165, 1.54) is 35.9 Å². The van der Waals surface area contributed by atoms with Crippen molar-refractivity contribution in [1.82, 2.24) is 15.5 Å². The first-order chi connectivity index (χ1) is 9.06. The molecule has 1 aromatic rings. The van der Waals surface area contributed by atoms with E-state index in [1.54, 1.807) is 0 Å². The van der Waals surface area contributed by atoms with Crippen molar-refractivity contribution in [3.8, 4) is 0 Å². The predicted octanol–water partition coefficient (Wildman–Crippen LogP) is 2.88. The van der Waals surface area contributed by atoms with Crippen molar-refractivity contribution < 1.29 is 4.79 Å². The fourth-order valence-electron chi connectivity index (χ4n) is 2.50. The summed E-state index contributed by atoms with van der Waals surface area (Å²) in [6.45, 7) is 6.45. The third kappa shape index (κ3) is 4.18. The summed E-state index contributed by atoms with van der Waals surface area (Å²) in [5.74, 6) is 1.83. The van der Waals surface area contributed by atoms with E-state index >= 15 is 0 Å². The number of rotatable bonds is 4. The van der Waals surface area contributed by atoms with E-state index in [1.807, 2.05) is 6.92 Å². The summed E-state index contributed by atoms with van der Waals surface area (Å²) in [4.78, 5) is 12.0. The SMILES string of the molecule is Cc1nnc(SCC(=O)N[C@H]2CCC[C@@H](C)[C@@H]2C)s1. The molecule has 106 valence electrons. The van der Waals surface area contributed by atoms with E-state index in [0.29, 0.717) is 23.6 Å². The molecule has 2 rings (SSSR count). The zero-order valence-corrected chi connectivity index (χ0v) is 13.3. The van der Waals surface area contributed by atoms with Crippen molar-refractivity contribution >= 4 is 29.0 Å². The molecule has 0 bridgehead atoms. The Bertz CT molecular complexity index is 435. The lowest BCUT2D eigenvalue weighted by molar-refractivity contribution is -0.119. The minimum atomic E-state index is 0.115. The number of carbonyl (C=O) groups excluding carboxylic acids is 1. The third-order valence-electron chi connectivity index (χ3n) is 3.89. The Morgan fingerprint density at radius 1 is 1.42 bits per heavy atom. The maximum absolute atomic E-state index is 12.0. The average molecular weight is 299 g/mol. The number of nitrogens with one attached hydrogen (secondary N) is 1. The van der Waals surface area contributed by atoms with Gasteiger partial charge in [-0.2, -0.15) is 0 Å². The van der Waals surface area contributed by atoms with Gasteiger partial charge in [-0.1, -0.05) is 49.8 Å². The molecule has 0 aliphatic heterocycles. The van der Waals surface area contributed by atoms with Crippen LogP contribution in [-0.4, -0.2) is 27.9 Å². The van der Waals surface area contributed by atoms with Crippen LogP contribution in [0.25, 0.3) is 0 Å². The number of aromatic nitrogens is 2. The first-order valence-electron chi connectivity index (χ1n) is 6.78. The van der Waals surface area contributed by atoms with Gasteiger partial charge < -0.3 is 5.32 Å². The Morgan fingerprint density at radius 3 is 2.89 bits per heavy atom. The van der Waals surface area contributed by atoms with E-state index < -0.39 is 0 Å². The van der Waals surface area contributed by atoms with Crippen LogP contribution in [0.2, 0.25) is 0 Å². The number of aryl methyl sites for hydroxylation is 1. The first kappa shape index (κ1) is 14.8. The Balaban J connectivity index is 1.77. The van der Waals surface area contributed by atoms with Crippen molar-refractivity contribution in [3.63, 3.8) is 0 Å². The summed E-state index contributed by atoms with van der Waals surface area (Å²) in [6.07, 6.45) is 3.62. The van der Waals surface area contributed by atoms with Gasteiger partial charge in [-0.15, -0.1) is 10.2 Å². The highest BCUT2D eigenvalue weighted by atomic mass is 32.2. The Hall–Kier alpha value is -0.620. The fraction of sp³-hybridized carbons (Fsp3) is 0.769. The van der Waals surface area contributed by atoms with Gasteiger partial charge in [0, 0.05) is 6.04 Å². The minimum absolute atomic E-state index is 0.115. The zero-order chi connectivity index (χ0) is 13.8. The highest BCUT2D eigenvalue weighted by Gasteiger charge is 2.28. The minimum Gasteiger partial charge on any atom is -0.352 e. The highest BCUT2D eigenvalue weighted by Crippen LogP contribution is 2.29. The molecule has 1 aliphatic rings. The molecule has 0 aromatic carbocycles. The van der Waals surface area contributed by atoms with E-state index in [-0.39, 0.29) is 5.91 Å². The summed E-state index contributed by atoms with van der Waals surface area (Å²) in [5, 5.41) is 12.1. The quantitative estimate of drug-likeness (QED) is 0.869. The third-order valence-corrected chi connectivity index (χ3v) is 5.86. The largest absolute Gasteiger partial charge is 0.352 e. The molecular weight excluding hydrogens is 278 g/mol. The molecule has 4 nitrogen and oxygen atoms in total. The van der Waals surface area contributed by atoms with Gasteiger partial charge in [0.1, 0.15) is 5.01 Å². The molecule has 1 fully saturated rings. The molecule has 0 spiro atoms. The second-order valence-electron chi connectivity index (χ2n) is 5.32. The summed E-state index contributed by atoms with van der Waals surface area (Å²) < 4.78 is 0.873. The second kappa shape index (κ2) is 6.70. The van der Waals surface area contributed by atoms with Crippen LogP contribution in [0.4, 0.5) is 0 Å². The van der Waals surface area contributed by atoms with Crippen LogP contribution in [0, 0.1) is 18.8 Å². The van der Waals surface area contributed by atoms with Gasteiger partial charge in [0.2, 0.25) is 5.91 Å². The van der Waals surface area contributed by atoms with Crippen LogP contribution in [0.3, 0.4) is 0 Å². The van der Waals surface area contributed by atoms with Gasteiger partial charge in [-0.05, 0) is 25.2 Å². The van der Waals surface area contributed by atoms with Crippen molar-refractivity contribution in [2.24, 2.45) is 11.8 Å². The van der Waals surface area contributed by atoms with Crippen molar-refractivity contribution in [2.45, 2.75) is 50.4 Å². The molecular formula is C13H21N3OS2. The Kier molecular flexibility index (Phi) is 5.21. The molecule has 19 heavy (non-hydrogen) atoms. The normalized spacial score (nSPS) is 27.2. The number of amides is 1. The Morgan fingerprint density at radius 2 is 2.21 bits per heavy atom. The smallest absolute Gasteiger partial charge is 0.230 e. The molecule has 6 heteroatoms. The fourth-order valence-corrected chi connectivity index (χ4v) is 4.12. The van der Waals surface area contributed by atoms with Gasteiger partial charge in [-0.25, -0.2) is 0 Å². The van der Waals surface area contributed by atoms with Crippen molar-refractivity contribution in [1.29, 1.82) is 0 Å². The lowest BCUT2D eigenvalue weighted by atomic mass is 9.78. The van der Waals surface area contributed by atoms with Crippen LogP contribution in [0.5, 0.6) is 0 Å². The number of carbonyl (C=O) groups is 1. The van der Waals surface area contributed by atoms with Crippen molar-refractivity contribution in [3.05, 3.63) is 5.01 Å². The number of hydrogen-bond acceptors (Lipinski definition) is 5. The molecule has 0 unspecified atom stereocenters. The van der Waals surface area contributed by atoms with Crippen molar-refractivity contribution in [2.75, 3.05) is 5.75 Å². The summed E-state index contributed by atoms with van der Waals surface area (Å²) in [7, 11) is 0. The summed E-state index contributed by atoms with van der Waals surface area (Å²) in [6, 6.07) is 0.341. The number of hydrogen-bond donors (Lipinski definition) is 1. The molecule has 1 amide bonds. The van der Waals surface area contributed by atoms with Gasteiger partial charge in [0.25, 0.3) is 0 Å². The van der Waals surface area contributed by atoms with Crippen LogP contribution >= 0.6 is 23.1 Å². The van der Waals surface area contributed by atoms with E-state index in [4.69, 9.17) is 0 Å². The standard InChI is InChI=1S/C13H21N3OS2/c1-8-5-4-6-11(9(8)2)14-12(17)7-18-13-16-15-10(3)19-13/h8-9,11H,4-7H2,1-3H3,(H,14,17)/t8-,9+,11+/m1/s1. The number of thioether (sulfide) groups is 1. The summed E-state index contributed by atoms with van der Waals surface area (Å²) >= 11 is 3.01. The first-order valence-corrected chi connectivity index (χ1v) is 8.58. The van der Waals surface area contributed by atoms with Gasteiger partial charge in [0.05, 0.1) is 5.75 Å². The monoisotopic (exact) mass is 299 g/mol. The van der Waals surface area contributed by atoms with Gasteiger partial charge >= 0.3 is 0 Å². The van der Waals surface area contributed by atoms with Crippen LogP contribution in [0.1, 0.15) is 38.1 Å². The molecule has 1 heterocycles. The van der Waals surface area contributed by atoms with Gasteiger partial charge in [-0.3, -0.25) is 4.79 Å².